The van der Waals surface area contributed by atoms with Crippen LogP contribution in [-0.4, -0.2) is 20.7 Å². The molecule has 3 aromatic carbocycles. The maximum atomic E-state index is 12.9. The van der Waals surface area contributed by atoms with Crippen LogP contribution >= 0.6 is 0 Å². The van der Waals surface area contributed by atoms with Gasteiger partial charge < -0.3 is 5.11 Å². The molecular weight excluding hydrogens is 324 g/mol. The average Bonchev–Trinajstić information content (AvgIpc) is 3.06. The normalized spacial score (nSPS) is 13.7. The van der Waals surface area contributed by atoms with E-state index in [0.29, 0.717) is 17.7 Å². The SMILES string of the molecule is O=C1c2ccccc2-c2nn(CC(O)c3ccccc3)c3cccc1c23. The molecule has 26 heavy (non-hydrogen) atoms. The lowest BCUT2D eigenvalue weighted by atomic mass is 9.87. The molecule has 1 N–H and O–H groups in total. The highest BCUT2D eigenvalue weighted by Gasteiger charge is 2.28. The van der Waals surface area contributed by atoms with E-state index in [1.54, 1.807) is 4.68 Å². The van der Waals surface area contributed by atoms with Crippen molar-refractivity contribution in [3.63, 3.8) is 0 Å². The second-order valence-corrected chi connectivity index (χ2v) is 6.53. The van der Waals surface area contributed by atoms with Gasteiger partial charge in [-0.05, 0) is 11.6 Å². The number of hydrogen-bond donors (Lipinski definition) is 1. The Morgan fingerprint density at radius 3 is 2.35 bits per heavy atom. The first-order valence-electron chi connectivity index (χ1n) is 8.60. The number of carbonyl (C=O) groups excluding carboxylic acids is 1. The Bertz CT molecular complexity index is 1150. The van der Waals surface area contributed by atoms with E-state index in [1.165, 1.54) is 0 Å². The minimum Gasteiger partial charge on any atom is -0.386 e. The molecule has 0 amide bonds. The van der Waals surface area contributed by atoms with Crippen LogP contribution in [0.4, 0.5) is 0 Å². The molecule has 1 aliphatic carbocycles. The number of rotatable bonds is 3. The number of nitrogens with zero attached hydrogens (tertiary/aromatic N) is 2. The van der Waals surface area contributed by atoms with Gasteiger partial charge in [-0.1, -0.05) is 66.7 Å². The van der Waals surface area contributed by atoms with Crippen LogP contribution in [0, 0.1) is 0 Å². The summed E-state index contributed by atoms with van der Waals surface area (Å²) in [5.74, 6) is 0.0295. The van der Waals surface area contributed by atoms with Crippen molar-refractivity contribution in [1.82, 2.24) is 9.78 Å². The zero-order valence-corrected chi connectivity index (χ0v) is 14.0. The third-order valence-corrected chi connectivity index (χ3v) is 4.98. The summed E-state index contributed by atoms with van der Waals surface area (Å²) in [6.45, 7) is 0.334. The number of aliphatic hydroxyl groups excluding tert-OH is 1. The second kappa shape index (κ2) is 5.64. The smallest absolute Gasteiger partial charge is 0.194 e. The molecule has 0 bridgehead atoms. The minimum atomic E-state index is -0.664. The molecule has 0 spiro atoms. The van der Waals surface area contributed by atoms with Crippen molar-refractivity contribution in [2.75, 3.05) is 0 Å². The van der Waals surface area contributed by atoms with Crippen molar-refractivity contribution in [3.05, 3.63) is 89.5 Å². The topological polar surface area (TPSA) is 55.1 Å². The van der Waals surface area contributed by atoms with Gasteiger partial charge in [-0.2, -0.15) is 5.10 Å². The number of hydrogen-bond acceptors (Lipinski definition) is 3. The van der Waals surface area contributed by atoms with Gasteiger partial charge in [0.25, 0.3) is 0 Å². The first-order valence-corrected chi connectivity index (χ1v) is 8.60. The highest BCUT2D eigenvalue weighted by atomic mass is 16.3. The summed E-state index contributed by atoms with van der Waals surface area (Å²) >= 11 is 0. The monoisotopic (exact) mass is 340 g/mol. The number of aliphatic hydroxyl groups is 1. The summed E-state index contributed by atoms with van der Waals surface area (Å²) in [6, 6.07) is 22.8. The van der Waals surface area contributed by atoms with E-state index >= 15 is 0 Å². The van der Waals surface area contributed by atoms with E-state index in [9.17, 15) is 9.90 Å². The molecule has 4 nitrogen and oxygen atoms in total. The molecule has 1 atom stereocenters. The molecule has 0 saturated carbocycles. The lowest BCUT2D eigenvalue weighted by Crippen LogP contribution is -2.10. The van der Waals surface area contributed by atoms with Crippen LogP contribution in [0.25, 0.3) is 22.2 Å². The van der Waals surface area contributed by atoms with Gasteiger partial charge in [0.05, 0.1) is 18.2 Å². The molecule has 4 heteroatoms. The standard InChI is InChI=1S/C22H16N2O2/c25-19(14-7-2-1-3-8-14)13-24-18-12-6-11-17-20(18)21(23-24)15-9-4-5-10-16(15)22(17)26/h1-12,19,25H,13H2. The Morgan fingerprint density at radius 2 is 1.54 bits per heavy atom. The molecule has 1 aliphatic rings. The predicted molar refractivity (Wildman–Crippen MR) is 100 cm³/mol. The number of fused-ring (bicyclic) bond motifs is 2. The first-order chi connectivity index (χ1) is 12.7. The third kappa shape index (κ3) is 2.13. The van der Waals surface area contributed by atoms with E-state index in [-0.39, 0.29) is 5.78 Å². The summed E-state index contributed by atoms with van der Waals surface area (Å²) < 4.78 is 1.81. The quantitative estimate of drug-likeness (QED) is 0.540. The molecular formula is C22H16N2O2. The van der Waals surface area contributed by atoms with Crippen LogP contribution in [0.3, 0.4) is 0 Å². The Hall–Kier alpha value is -3.24. The van der Waals surface area contributed by atoms with Crippen molar-refractivity contribution in [1.29, 1.82) is 0 Å². The van der Waals surface area contributed by atoms with Gasteiger partial charge in [0.2, 0.25) is 0 Å². The fraction of sp³-hybridized carbons (Fsp3) is 0.0909. The van der Waals surface area contributed by atoms with Gasteiger partial charge in [-0.15, -0.1) is 0 Å². The summed E-state index contributed by atoms with van der Waals surface area (Å²) in [4.78, 5) is 12.9. The van der Waals surface area contributed by atoms with Crippen LogP contribution in [-0.2, 0) is 6.54 Å². The molecule has 0 fully saturated rings. The molecule has 1 aromatic heterocycles. The lowest BCUT2D eigenvalue weighted by Gasteiger charge is -2.13. The summed E-state index contributed by atoms with van der Waals surface area (Å²) in [6.07, 6.45) is -0.664. The van der Waals surface area contributed by atoms with Crippen molar-refractivity contribution in [3.8, 4) is 11.3 Å². The zero-order chi connectivity index (χ0) is 17.7. The number of benzene rings is 3. The fourth-order valence-corrected chi connectivity index (χ4v) is 3.72. The Kier molecular flexibility index (Phi) is 3.27. The predicted octanol–water partition coefficient (Wildman–Crippen LogP) is 3.98. The number of aromatic nitrogens is 2. The van der Waals surface area contributed by atoms with E-state index in [2.05, 4.69) is 0 Å². The fourth-order valence-electron chi connectivity index (χ4n) is 3.72. The molecule has 4 aromatic rings. The number of carbonyl (C=O) groups is 1. The molecule has 1 unspecified atom stereocenters. The van der Waals surface area contributed by atoms with Crippen LogP contribution in [0.2, 0.25) is 0 Å². The van der Waals surface area contributed by atoms with Gasteiger partial charge in [0, 0.05) is 22.1 Å². The zero-order valence-electron chi connectivity index (χ0n) is 14.0. The van der Waals surface area contributed by atoms with Crippen molar-refractivity contribution in [2.45, 2.75) is 12.6 Å². The van der Waals surface area contributed by atoms with Crippen molar-refractivity contribution < 1.29 is 9.90 Å². The van der Waals surface area contributed by atoms with Crippen molar-refractivity contribution in [2.24, 2.45) is 0 Å². The van der Waals surface area contributed by atoms with E-state index in [4.69, 9.17) is 5.10 Å². The van der Waals surface area contributed by atoms with E-state index < -0.39 is 6.10 Å². The van der Waals surface area contributed by atoms with E-state index in [0.717, 1.165) is 27.7 Å². The second-order valence-electron chi connectivity index (χ2n) is 6.53. The highest BCUT2D eigenvalue weighted by molar-refractivity contribution is 6.25. The minimum absolute atomic E-state index is 0.0295. The molecule has 0 saturated heterocycles. The number of ketones is 1. The van der Waals surface area contributed by atoms with Gasteiger partial charge in [-0.25, -0.2) is 0 Å². The summed E-state index contributed by atoms with van der Waals surface area (Å²) in [5.41, 5.74) is 4.74. The van der Waals surface area contributed by atoms with Crippen LogP contribution < -0.4 is 0 Å². The molecule has 1 heterocycles. The Balaban J connectivity index is 1.68. The van der Waals surface area contributed by atoms with Crippen LogP contribution in [0.15, 0.2) is 72.8 Å². The summed E-state index contributed by atoms with van der Waals surface area (Å²) in [5, 5.41) is 16.3. The highest BCUT2D eigenvalue weighted by Crippen LogP contribution is 2.39. The molecule has 126 valence electrons. The van der Waals surface area contributed by atoms with Crippen LogP contribution in [0.5, 0.6) is 0 Å². The average molecular weight is 340 g/mol. The lowest BCUT2D eigenvalue weighted by molar-refractivity contribution is 0.104. The molecule has 5 rings (SSSR count). The van der Waals surface area contributed by atoms with Gasteiger partial charge in [0.15, 0.2) is 5.78 Å². The van der Waals surface area contributed by atoms with Gasteiger partial charge in [0.1, 0.15) is 5.69 Å². The maximum Gasteiger partial charge on any atom is 0.194 e. The maximum absolute atomic E-state index is 12.9. The van der Waals surface area contributed by atoms with Gasteiger partial charge in [-0.3, -0.25) is 9.48 Å². The first kappa shape index (κ1) is 15.0. The van der Waals surface area contributed by atoms with Crippen LogP contribution in [0.1, 0.15) is 27.6 Å². The third-order valence-electron chi connectivity index (χ3n) is 4.98. The van der Waals surface area contributed by atoms with E-state index in [1.807, 2.05) is 72.8 Å². The Morgan fingerprint density at radius 1 is 0.846 bits per heavy atom. The summed E-state index contributed by atoms with van der Waals surface area (Å²) in [7, 11) is 0. The van der Waals surface area contributed by atoms with Gasteiger partial charge >= 0.3 is 0 Å². The van der Waals surface area contributed by atoms with Crippen molar-refractivity contribution >= 4 is 16.7 Å². The largest absolute Gasteiger partial charge is 0.386 e. The molecule has 0 radical (unpaired) electrons. The molecule has 0 aliphatic heterocycles. The Labute approximate surface area is 150 Å².